The molecule has 0 bridgehead atoms. The van der Waals surface area contributed by atoms with E-state index in [9.17, 15) is 0 Å². The molecule has 0 radical (unpaired) electrons. The molecule has 0 spiro atoms. The Morgan fingerprint density at radius 3 is 2.56 bits per heavy atom. The van der Waals surface area contributed by atoms with Gasteiger partial charge in [-0.2, -0.15) is 4.98 Å². The fraction of sp³-hybridized carbons (Fsp3) is 0.583. The standard InChI is InChI=1S/C12H16ClNO2/c1-12(2,3)16-11-9(15-8-4-5-8)6-7-10(13)14-11/h6-8H,4-5H2,1-3H3. The summed E-state index contributed by atoms with van der Waals surface area (Å²) in [7, 11) is 0. The maximum absolute atomic E-state index is 5.85. The van der Waals surface area contributed by atoms with Crippen molar-refractivity contribution in [1.29, 1.82) is 0 Å². The number of ether oxygens (including phenoxy) is 2. The zero-order chi connectivity index (χ0) is 11.8. The zero-order valence-electron chi connectivity index (χ0n) is 9.79. The second kappa shape index (κ2) is 4.13. The van der Waals surface area contributed by atoms with E-state index < -0.39 is 0 Å². The van der Waals surface area contributed by atoms with E-state index in [1.54, 1.807) is 6.07 Å². The van der Waals surface area contributed by atoms with Gasteiger partial charge in [0.15, 0.2) is 5.75 Å². The first-order chi connectivity index (χ1) is 7.44. The minimum atomic E-state index is -0.306. The van der Waals surface area contributed by atoms with Crippen molar-refractivity contribution >= 4 is 11.6 Å². The number of rotatable bonds is 3. The van der Waals surface area contributed by atoms with Crippen molar-refractivity contribution in [3.8, 4) is 11.6 Å². The molecule has 1 heterocycles. The molecule has 1 aromatic heterocycles. The smallest absolute Gasteiger partial charge is 0.258 e. The van der Waals surface area contributed by atoms with Crippen molar-refractivity contribution in [1.82, 2.24) is 4.98 Å². The molecule has 1 aliphatic carbocycles. The fourth-order valence-corrected chi connectivity index (χ4v) is 1.36. The lowest BCUT2D eigenvalue weighted by Crippen LogP contribution is -2.24. The quantitative estimate of drug-likeness (QED) is 0.760. The van der Waals surface area contributed by atoms with Gasteiger partial charge in [0.2, 0.25) is 0 Å². The van der Waals surface area contributed by atoms with Gasteiger partial charge < -0.3 is 9.47 Å². The van der Waals surface area contributed by atoms with Crippen LogP contribution in [0.5, 0.6) is 11.6 Å². The molecule has 0 aromatic carbocycles. The van der Waals surface area contributed by atoms with Gasteiger partial charge in [0.05, 0.1) is 6.10 Å². The molecule has 1 aliphatic rings. The molecule has 1 fully saturated rings. The summed E-state index contributed by atoms with van der Waals surface area (Å²) >= 11 is 5.85. The zero-order valence-corrected chi connectivity index (χ0v) is 10.5. The summed E-state index contributed by atoms with van der Waals surface area (Å²) in [6.45, 7) is 5.91. The van der Waals surface area contributed by atoms with Crippen LogP contribution >= 0.6 is 11.6 Å². The summed E-state index contributed by atoms with van der Waals surface area (Å²) < 4.78 is 11.4. The molecule has 0 amide bonds. The minimum Gasteiger partial charge on any atom is -0.485 e. The average Bonchev–Trinajstić information content (AvgIpc) is 2.91. The third-order valence-corrected chi connectivity index (χ3v) is 2.22. The third-order valence-electron chi connectivity index (χ3n) is 2.01. The first kappa shape index (κ1) is 11.5. The Morgan fingerprint density at radius 1 is 1.31 bits per heavy atom. The van der Waals surface area contributed by atoms with Gasteiger partial charge in [-0.15, -0.1) is 0 Å². The van der Waals surface area contributed by atoms with Gasteiger partial charge in [-0.3, -0.25) is 0 Å². The van der Waals surface area contributed by atoms with Crippen LogP contribution in [-0.2, 0) is 0 Å². The van der Waals surface area contributed by atoms with Crippen LogP contribution in [0.3, 0.4) is 0 Å². The Hall–Kier alpha value is -0.960. The van der Waals surface area contributed by atoms with Gasteiger partial charge in [-0.25, -0.2) is 0 Å². The topological polar surface area (TPSA) is 31.4 Å². The van der Waals surface area contributed by atoms with E-state index in [-0.39, 0.29) is 5.60 Å². The normalized spacial score (nSPS) is 16.0. The molecule has 0 aliphatic heterocycles. The number of nitrogens with zero attached hydrogens (tertiary/aromatic N) is 1. The molecule has 16 heavy (non-hydrogen) atoms. The van der Waals surface area contributed by atoms with Crippen LogP contribution in [0.4, 0.5) is 0 Å². The molecule has 0 atom stereocenters. The number of hydrogen-bond donors (Lipinski definition) is 0. The first-order valence-electron chi connectivity index (χ1n) is 5.46. The van der Waals surface area contributed by atoms with Gasteiger partial charge in [0.1, 0.15) is 10.8 Å². The van der Waals surface area contributed by atoms with E-state index in [0.29, 0.717) is 22.9 Å². The summed E-state index contributed by atoms with van der Waals surface area (Å²) in [6.07, 6.45) is 2.54. The molecule has 1 aromatic rings. The highest BCUT2D eigenvalue weighted by Crippen LogP contribution is 2.34. The van der Waals surface area contributed by atoms with Crippen molar-refractivity contribution in [2.24, 2.45) is 0 Å². The van der Waals surface area contributed by atoms with Gasteiger partial charge in [0, 0.05) is 0 Å². The fourth-order valence-electron chi connectivity index (χ4n) is 1.22. The van der Waals surface area contributed by atoms with Crippen molar-refractivity contribution in [2.45, 2.75) is 45.3 Å². The predicted octanol–water partition coefficient (Wildman–Crippen LogP) is 3.45. The van der Waals surface area contributed by atoms with Crippen molar-refractivity contribution < 1.29 is 9.47 Å². The Morgan fingerprint density at radius 2 is 2.00 bits per heavy atom. The lowest BCUT2D eigenvalue weighted by molar-refractivity contribution is 0.115. The second-order valence-electron chi connectivity index (χ2n) is 4.97. The van der Waals surface area contributed by atoms with Gasteiger partial charge in [-0.1, -0.05) is 11.6 Å². The summed E-state index contributed by atoms with van der Waals surface area (Å²) in [6, 6.07) is 3.53. The minimum absolute atomic E-state index is 0.306. The Bertz CT molecular complexity index is 383. The highest BCUT2D eigenvalue weighted by atomic mass is 35.5. The lowest BCUT2D eigenvalue weighted by atomic mass is 10.2. The van der Waals surface area contributed by atoms with Crippen molar-refractivity contribution in [3.05, 3.63) is 17.3 Å². The molecular formula is C12H16ClNO2. The monoisotopic (exact) mass is 241 g/mol. The molecule has 0 unspecified atom stereocenters. The van der Waals surface area contributed by atoms with Crippen LogP contribution in [-0.4, -0.2) is 16.7 Å². The van der Waals surface area contributed by atoms with Crippen LogP contribution < -0.4 is 9.47 Å². The second-order valence-corrected chi connectivity index (χ2v) is 5.36. The number of pyridine rings is 1. The molecule has 4 heteroatoms. The summed E-state index contributed by atoms with van der Waals surface area (Å²) in [5.74, 6) is 1.16. The predicted molar refractivity (Wildman–Crippen MR) is 63.3 cm³/mol. The molecule has 2 rings (SSSR count). The number of hydrogen-bond acceptors (Lipinski definition) is 3. The largest absolute Gasteiger partial charge is 0.485 e. The van der Waals surface area contributed by atoms with Crippen LogP contribution in [0, 0.1) is 0 Å². The van der Waals surface area contributed by atoms with E-state index in [4.69, 9.17) is 21.1 Å². The maximum Gasteiger partial charge on any atom is 0.258 e. The molecule has 0 saturated heterocycles. The number of halogens is 1. The van der Waals surface area contributed by atoms with E-state index in [0.717, 1.165) is 12.8 Å². The third kappa shape index (κ3) is 3.27. The van der Waals surface area contributed by atoms with Crippen LogP contribution in [0.25, 0.3) is 0 Å². The maximum atomic E-state index is 5.85. The highest BCUT2D eigenvalue weighted by Gasteiger charge is 2.26. The SMILES string of the molecule is CC(C)(C)Oc1nc(Cl)ccc1OC1CC1. The Kier molecular flexibility index (Phi) is 2.98. The average molecular weight is 242 g/mol. The molecule has 1 saturated carbocycles. The van der Waals surface area contributed by atoms with Gasteiger partial charge in [-0.05, 0) is 45.7 Å². The van der Waals surface area contributed by atoms with E-state index in [1.165, 1.54) is 0 Å². The number of aromatic nitrogens is 1. The summed E-state index contributed by atoms with van der Waals surface area (Å²) in [5, 5.41) is 0.419. The van der Waals surface area contributed by atoms with E-state index in [1.807, 2.05) is 26.8 Å². The Labute approximate surface area is 101 Å². The highest BCUT2D eigenvalue weighted by molar-refractivity contribution is 6.29. The first-order valence-corrected chi connectivity index (χ1v) is 5.84. The van der Waals surface area contributed by atoms with Crippen LogP contribution in [0.15, 0.2) is 12.1 Å². The lowest BCUT2D eigenvalue weighted by Gasteiger charge is -2.22. The van der Waals surface area contributed by atoms with Crippen LogP contribution in [0.1, 0.15) is 33.6 Å². The van der Waals surface area contributed by atoms with Crippen molar-refractivity contribution in [3.63, 3.8) is 0 Å². The van der Waals surface area contributed by atoms with E-state index in [2.05, 4.69) is 4.98 Å². The summed E-state index contributed by atoms with van der Waals surface area (Å²) in [4.78, 5) is 4.16. The molecule has 88 valence electrons. The van der Waals surface area contributed by atoms with Gasteiger partial charge in [0.25, 0.3) is 5.88 Å². The van der Waals surface area contributed by atoms with Gasteiger partial charge >= 0.3 is 0 Å². The van der Waals surface area contributed by atoms with Crippen LogP contribution in [0.2, 0.25) is 5.15 Å². The summed E-state index contributed by atoms with van der Waals surface area (Å²) in [5.41, 5.74) is -0.306. The molecule has 3 nitrogen and oxygen atoms in total. The molecular weight excluding hydrogens is 226 g/mol. The Balaban J connectivity index is 2.20. The molecule has 0 N–H and O–H groups in total. The van der Waals surface area contributed by atoms with Crippen molar-refractivity contribution in [2.75, 3.05) is 0 Å². The van der Waals surface area contributed by atoms with E-state index >= 15 is 0 Å².